The van der Waals surface area contributed by atoms with Gasteiger partial charge in [0.15, 0.2) is 5.13 Å². The van der Waals surface area contributed by atoms with Crippen LogP contribution in [0.3, 0.4) is 0 Å². The molecule has 3 aromatic carbocycles. The molecule has 176 valence electrons. The lowest BCUT2D eigenvalue weighted by Gasteiger charge is -2.31. The van der Waals surface area contributed by atoms with Crippen LogP contribution in [-0.4, -0.2) is 29.0 Å². The van der Waals surface area contributed by atoms with Crippen LogP contribution in [-0.2, 0) is 4.79 Å². The van der Waals surface area contributed by atoms with E-state index < -0.39 is 0 Å². The Balaban J connectivity index is 1.13. The van der Waals surface area contributed by atoms with Crippen molar-refractivity contribution in [2.24, 2.45) is 5.92 Å². The molecule has 1 fully saturated rings. The van der Waals surface area contributed by atoms with Gasteiger partial charge in [-0.1, -0.05) is 23.5 Å². The smallest absolute Gasteiger partial charge is 0.229 e. The first-order valence-electron chi connectivity index (χ1n) is 11.9. The van der Waals surface area contributed by atoms with Crippen molar-refractivity contribution >= 4 is 59.8 Å². The van der Waals surface area contributed by atoms with Crippen molar-refractivity contribution in [2.45, 2.75) is 26.7 Å². The van der Waals surface area contributed by atoms with Gasteiger partial charge < -0.3 is 10.2 Å². The number of nitrogens with one attached hydrogen (secondary N) is 1. The summed E-state index contributed by atoms with van der Waals surface area (Å²) < 4.78 is 2.40. The zero-order chi connectivity index (χ0) is 23.9. The summed E-state index contributed by atoms with van der Waals surface area (Å²) in [4.78, 5) is 25.0. The highest BCUT2D eigenvalue weighted by Crippen LogP contribution is 2.33. The largest absolute Gasteiger partial charge is 0.347 e. The predicted octanol–water partition coefficient (Wildman–Crippen LogP) is 7.04. The van der Waals surface area contributed by atoms with Crippen molar-refractivity contribution in [1.29, 1.82) is 0 Å². The molecule has 1 atom stereocenters. The lowest BCUT2D eigenvalue weighted by molar-refractivity contribution is -0.120. The number of nitrogens with zero attached hydrogens (tertiary/aromatic N) is 3. The molecule has 7 heteroatoms. The second-order valence-electron chi connectivity index (χ2n) is 9.31. The summed E-state index contributed by atoms with van der Waals surface area (Å²) in [5, 5.41) is 5.14. The summed E-state index contributed by atoms with van der Waals surface area (Å²) in [6, 6.07) is 20.7. The molecule has 0 aliphatic carbocycles. The van der Waals surface area contributed by atoms with Crippen LogP contribution < -0.4 is 10.2 Å². The van der Waals surface area contributed by atoms with Crippen LogP contribution in [0.5, 0.6) is 0 Å². The Morgan fingerprint density at radius 1 is 0.914 bits per heavy atom. The molecular weight excluding hydrogens is 472 g/mol. The third kappa shape index (κ3) is 4.54. The maximum atomic E-state index is 13.1. The molecular formula is C28H26N4OS2. The Morgan fingerprint density at radius 3 is 2.34 bits per heavy atom. The molecule has 3 heterocycles. The van der Waals surface area contributed by atoms with Crippen molar-refractivity contribution in [3.8, 4) is 10.6 Å². The average Bonchev–Trinajstić information content (AvgIpc) is 3.48. The summed E-state index contributed by atoms with van der Waals surface area (Å²) in [5.41, 5.74) is 6.43. The zero-order valence-corrected chi connectivity index (χ0v) is 21.4. The van der Waals surface area contributed by atoms with Gasteiger partial charge in [-0.2, -0.15) is 0 Å². The molecule has 0 bridgehead atoms. The third-order valence-electron chi connectivity index (χ3n) is 6.54. The first-order chi connectivity index (χ1) is 17.0. The Kier molecular flexibility index (Phi) is 5.74. The van der Waals surface area contributed by atoms with Crippen LogP contribution in [0.1, 0.15) is 24.0 Å². The number of amides is 1. The number of benzene rings is 3. The van der Waals surface area contributed by atoms with Gasteiger partial charge in [0.05, 0.1) is 26.4 Å². The highest BCUT2D eigenvalue weighted by molar-refractivity contribution is 7.22. The normalized spacial score (nSPS) is 16.2. The first kappa shape index (κ1) is 22.2. The van der Waals surface area contributed by atoms with Gasteiger partial charge in [0, 0.05) is 24.3 Å². The average molecular weight is 499 g/mol. The maximum Gasteiger partial charge on any atom is 0.229 e. The summed E-state index contributed by atoms with van der Waals surface area (Å²) in [6.07, 6.45) is 1.89. The van der Waals surface area contributed by atoms with Gasteiger partial charge in [0.1, 0.15) is 5.01 Å². The van der Waals surface area contributed by atoms with E-state index in [1.54, 1.807) is 22.7 Å². The number of hydrogen-bond acceptors (Lipinski definition) is 6. The van der Waals surface area contributed by atoms with E-state index in [1.165, 1.54) is 20.5 Å². The molecule has 0 saturated carbocycles. The number of aryl methyl sites for hydroxylation is 2. The molecule has 1 saturated heterocycles. The maximum absolute atomic E-state index is 13.1. The van der Waals surface area contributed by atoms with Gasteiger partial charge in [0.2, 0.25) is 5.91 Å². The quantitative estimate of drug-likeness (QED) is 0.289. The Bertz CT molecular complexity index is 1540. The summed E-state index contributed by atoms with van der Waals surface area (Å²) >= 11 is 3.41. The number of rotatable bonds is 4. The van der Waals surface area contributed by atoms with Gasteiger partial charge in [-0.05, 0) is 86.3 Å². The number of anilines is 2. The molecule has 1 unspecified atom stereocenters. The standard InChI is InChI=1S/C28H26N4OS2/c1-17-5-11-22-24(14-17)34-27(30-22)19-7-9-21(10-8-19)29-26(33)20-4-3-13-32(16-20)28-31-23-12-6-18(2)15-25(23)35-28/h5-12,14-15,20H,3-4,13,16H2,1-2H3,(H,29,33). The fraction of sp³-hybridized carbons (Fsp3) is 0.250. The van der Waals surface area contributed by atoms with Crippen LogP contribution in [0, 0.1) is 19.8 Å². The molecule has 1 aliphatic heterocycles. The Labute approximate surface area is 212 Å². The molecule has 1 aliphatic rings. The summed E-state index contributed by atoms with van der Waals surface area (Å²) in [5.74, 6) is 0.0274. The van der Waals surface area contributed by atoms with E-state index in [0.717, 1.165) is 51.8 Å². The van der Waals surface area contributed by atoms with E-state index in [9.17, 15) is 4.79 Å². The zero-order valence-electron chi connectivity index (χ0n) is 19.7. The number of thiazole rings is 2. The fourth-order valence-corrected chi connectivity index (χ4v) is 6.78. The van der Waals surface area contributed by atoms with E-state index in [4.69, 9.17) is 9.97 Å². The van der Waals surface area contributed by atoms with Gasteiger partial charge >= 0.3 is 0 Å². The Morgan fingerprint density at radius 2 is 1.60 bits per heavy atom. The highest BCUT2D eigenvalue weighted by atomic mass is 32.1. The van der Waals surface area contributed by atoms with Crippen molar-refractivity contribution in [3.05, 3.63) is 71.8 Å². The van der Waals surface area contributed by atoms with Crippen LogP contribution in [0.4, 0.5) is 10.8 Å². The Hall–Kier alpha value is -3.29. The molecule has 1 amide bonds. The second-order valence-corrected chi connectivity index (χ2v) is 11.3. The number of fused-ring (bicyclic) bond motifs is 2. The van der Waals surface area contributed by atoms with Gasteiger partial charge in [-0.15, -0.1) is 11.3 Å². The molecule has 5 nitrogen and oxygen atoms in total. The van der Waals surface area contributed by atoms with Crippen molar-refractivity contribution in [2.75, 3.05) is 23.3 Å². The highest BCUT2D eigenvalue weighted by Gasteiger charge is 2.27. The van der Waals surface area contributed by atoms with Crippen molar-refractivity contribution in [3.63, 3.8) is 0 Å². The van der Waals surface area contributed by atoms with E-state index in [2.05, 4.69) is 60.5 Å². The van der Waals surface area contributed by atoms with E-state index in [1.807, 2.05) is 24.3 Å². The molecule has 1 N–H and O–H groups in total. The number of aromatic nitrogens is 2. The van der Waals surface area contributed by atoms with Crippen molar-refractivity contribution in [1.82, 2.24) is 9.97 Å². The van der Waals surface area contributed by atoms with Gasteiger partial charge in [-0.25, -0.2) is 9.97 Å². The van der Waals surface area contributed by atoms with Gasteiger partial charge in [0.25, 0.3) is 0 Å². The minimum Gasteiger partial charge on any atom is -0.347 e. The van der Waals surface area contributed by atoms with E-state index in [0.29, 0.717) is 6.54 Å². The molecule has 5 aromatic rings. The minimum atomic E-state index is -0.0512. The molecule has 6 rings (SSSR count). The van der Waals surface area contributed by atoms with Crippen LogP contribution in [0.25, 0.3) is 31.0 Å². The van der Waals surface area contributed by atoms with Crippen LogP contribution in [0.15, 0.2) is 60.7 Å². The predicted molar refractivity (Wildman–Crippen MR) is 148 cm³/mol. The molecule has 2 aromatic heterocycles. The molecule has 0 radical (unpaired) electrons. The number of piperidine rings is 1. The number of carbonyl (C=O) groups is 1. The first-order valence-corrected chi connectivity index (χ1v) is 13.6. The number of hydrogen-bond donors (Lipinski definition) is 1. The van der Waals surface area contributed by atoms with Crippen molar-refractivity contribution < 1.29 is 4.79 Å². The van der Waals surface area contributed by atoms with Crippen LogP contribution >= 0.6 is 22.7 Å². The second kappa shape index (κ2) is 9.06. The fourth-order valence-electron chi connectivity index (χ4n) is 4.62. The monoisotopic (exact) mass is 498 g/mol. The third-order valence-corrected chi connectivity index (χ3v) is 8.68. The molecule has 35 heavy (non-hydrogen) atoms. The topological polar surface area (TPSA) is 58.1 Å². The SMILES string of the molecule is Cc1ccc2nc(-c3ccc(NC(=O)C4CCCN(c5nc6ccc(C)cc6s5)C4)cc3)sc2c1. The van der Waals surface area contributed by atoms with Gasteiger partial charge in [-0.3, -0.25) is 4.79 Å². The summed E-state index contributed by atoms with van der Waals surface area (Å²) in [6.45, 7) is 5.85. The van der Waals surface area contributed by atoms with Crippen LogP contribution in [0.2, 0.25) is 0 Å². The van der Waals surface area contributed by atoms with E-state index in [-0.39, 0.29) is 11.8 Å². The lowest BCUT2D eigenvalue weighted by Crippen LogP contribution is -2.40. The number of carbonyl (C=O) groups excluding carboxylic acids is 1. The minimum absolute atomic E-state index is 0.0512. The molecule has 0 spiro atoms. The summed E-state index contributed by atoms with van der Waals surface area (Å²) in [7, 11) is 0. The lowest BCUT2D eigenvalue weighted by atomic mass is 9.97. The van der Waals surface area contributed by atoms with E-state index >= 15 is 0 Å².